The summed E-state index contributed by atoms with van der Waals surface area (Å²) in [5, 5.41) is 8.65. The van der Waals surface area contributed by atoms with Crippen LogP contribution in [0.1, 0.15) is 10.4 Å². The number of hydrogen-bond donors (Lipinski definition) is 3. The molecule has 0 aliphatic heterocycles. The van der Waals surface area contributed by atoms with Crippen LogP contribution in [0.15, 0.2) is 6.07 Å². The van der Waals surface area contributed by atoms with E-state index in [9.17, 15) is 4.79 Å². The molecule has 0 radical (unpaired) electrons. The van der Waals surface area contributed by atoms with Gasteiger partial charge in [0.1, 0.15) is 0 Å². The van der Waals surface area contributed by atoms with E-state index in [-0.39, 0.29) is 27.0 Å². The lowest BCUT2D eigenvalue weighted by molar-refractivity contribution is 0.0697. The summed E-state index contributed by atoms with van der Waals surface area (Å²) in [5.74, 6) is -1.19. The average molecular weight is 221 g/mol. The maximum absolute atomic E-state index is 10.6. The summed E-state index contributed by atoms with van der Waals surface area (Å²) < 4.78 is 0. The minimum Gasteiger partial charge on any atom is -0.478 e. The smallest absolute Gasteiger partial charge is 0.337 e. The Morgan fingerprint density at radius 2 is 1.85 bits per heavy atom. The van der Waals surface area contributed by atoms with Gasteiger partial charge < -0.3 is 16.6 Å². The molecular weight excluding hydrogens is 215 g/mol. The number of carboxylic acids is 1. The quantitative estimate of drug-likeness (QED) is 0.631. The third kappa shape index (κ3) is 1.64. The van der Waals surface area contributed by atoms with Gasteiger partial charge in [0, 0.05) is 0 Å². The molecule has 1 aromatic carbocycles. The summed E-state index contributed by atoms with van der Waals surface area (Å²) in [6, 6.07) is 1.17. The molecule has 1 aromatic rings. The van der Waals surface area contributed by atoms with Crippen molar-refractivity contribution in [3.63, 3.8) is 0 Å². The number of halogens is 2. The molecule has 0 saturated heterocycles. The molecule has 0 unspecified atom stereocenters. The molecule has 4 nitrogen and oxygen atoms in total. The molecule has 0 spiro atoms. The van der Waals surface area contributed by atoms with Crippen molar-refractivity contribution in [2.24, 2.45) is 0 Å². The highest BCUT2D eigenvalue weighted by atomic mass is 35.5. The Labute approximate surface area is 84.0 Å². The molecule has 13 heavy (non-hydrogen) atoms. The second-order valence-corrected chi connectivity index (χ2v) is 3.12. The lowest BCUT2D eigenvalue weighted by atomic mass is 10.2. The highest BCUT2D eigenvalue weighted by molar-refractivity contribution is 6.42. The number of hydrogen-bond acceptors (Lipinski definition) is 3. The second kappa shape index (κ2) is 3.32. The molecular formula is C7H6Cl2N2O2. The number of anilines is 2. The van der Waals surface area contributed by atoms with Crippen LogP contribution < -0.4 is 11.5 Å². The van der Waals surface area contributed by atoms with E-state index < -0.39 is 5.97 Å². The lowest BCUT2D eigenvalue weighted by Gasteiger charge is -2.07. The Morgan fingerprint density at radius 1 is 1.31 bits per heavy atom. The van der Waals surface area contributed by atoms with Crippen LogP contribution in [-0.4, -0.2) is 11.1 Å². The summed E-state index contributed by atoms with van der Waals surface area (Å²) in [4.78, 5) is 10.6. The zero-order valence-corrected chi connectivity index (χ0v) is 7.86. The summed E-state index contributed by atoms with van der Waals surface area (Å²) in [6.45, 7) is 0. The van der Waals surface area contributed by atoms with Gasteiger partial charge >= 0.3 is 5.97 Å². The van der Waals surface area contributed by atoms with Gasteiger partial charge in [-0.15, -0.1) is 0 Å². The molecule has 5 N–H and O–H groups in total. The van der Waals surface area contributed by atoms with Crippen molar-refractivity contribution in [1.29, 1.82) is 0 Å². The fraction of sp³-hybridized carbons (Fsp3) is 0. The first-order valence-electron chi connectivity index (χ1n) is 3.21. The molecule has 0 aliphatic carbocycles. The van der Waals surface area contributed by atoms with Crippen LogP contribution >= 0.6 is 23.2 Å². The molecule has 0 aliphatic rings. The third-order valence-corrected chi connectivity index (χ3v) is 2.32. The Kier molecular flexibility index (Phi) is 2.54. The van der Waals surface area contributed by atoms with Gasteiger partial charge in [-0.1, -0.05) is 23.2 Å². The standard InChI is InChI=1S/C7H6Cl2N2O2/c8-4-2(7(12)13)1-3(10)5(9)6(4)11/h1H,10-11H2,(H,12,13). The summed E-state index contributed by atoms with van der Waals surface area (Å²) in [6.07, 6.45) is 0. The number of rotatable bonds is 1. The van der Waals surface area contributed by atoms with E-state index in [1.807, 2.05) is 0 Å². The summed E-state index contributed by atoms with van der Waals surface area (Å²) in [5.41, 5.74) is 10.7. The van der Waals surface area contributed by atoms with Crippen molar-refractivity contribution in [2.45, 2.75) is 0 Å². The number of carbonyl (C=O) groups is 1. The van der Waals surface area contributed by atoms with Gasteiger partial charge in [-0.25, -0.2) is 4.79 Å². The number of benzene rings is 1. The molecule has 0 amide bonds. The van der Waals surface area contributed by atoms with Crippen molar-refractivity contribution in [3.05, 3.63) is 21.7 Å². The first kappa shape index (κ1) is 9.95. The maximum atomic E-state index is 10.6. The van der Waals surface area contributed by atoms with Gasteiger partial charge in [-0.3, -0.25) is 0 Å². The number of aromatic carboxylic acids is 1. The monoisotopic (exact) mass is 220 g/mol. The van der Waals surface area contributed by atoms with E-state index in [0.717, 1.165) is 0 Å². The van der Waals surface area contributed by atoms with Gasteiger partial charge in [0.05, 0.1) is 27.0 Å². The maximum Gasteiger partial charge on any atom is 0.337 e. The molecule has 70 valence electrons. The SMILES string of the molecule is Nc1cc(C(=O)O)c(Cl)c(N)c1Cl. The van der Waals surface area contributed by atoms with Crippen molar-refractivity contribution in [1.82, 2.24) is 0 Å². The van der Waals surface area contributed by atoms with Crippen LogP contribution in [0, 0.1) is 0 Å². The summed E-state index contributed by atoms with van der Waals surface area (Å²) >= 11 is 11.3. The molecule has 0 saturated carbocycles. The predicted octanol–water partition coefficient (Wildman–Crippen LogP) is 1.86. The minimum absolute atomic E-state index is 0.0132. The number of carboxylic acid groups (broad SMARTS) is 1. The highest BCUT2D eigenvalue weighted by Crippen LogP contribution is 2.35. The van der Waals surface area contributed by atoms with Crippen LogP contribution in [-0.2, 0) is 0 Å². The van der Waals surface area contributed by atoms with Crippen molar-refractivity contribution in [3.8, 4) is 0 Å². The Hall–Kier alpha value is -1.13. The molecule has 0 bridgehead atoms. The zero-order valence-electron chi connectivity index (χ0n) is 6.34. The van der Waals surface area contributed by atoms with E-state index in [4.69, 9.17) is 39.8 Å². The molecule has 0 aromatic heterocycles. The van der Waals surface area contributed by atoms with Gasteiger partial charge in [-0.2, -0.15) is 0 Å². The first-order valence-corrected chi connectivity index (χ1v) is 3.97. The van der Waals surface area contributed by atoms with Crippen LogP contribution in [0.2, 0.25) is 10.0 Å². The van der Waals surface area contributed by atoms with E-state index in [0.29, 0.717) is 0 Å². The van der Waals surface area contributed by atoms with Crippen molar-refractivity contribution in [2.75, 3.05) is 11.5 Å². The number of nitrogen functional groups attached to an aromatic ring is 2. The molecule has 0 atom stereocenters. The molecule has 1 rings (SSSR count). The molecule has 0 fully saturated rings. The Morgan fingerprint density at radius 3 is 2.31 bits per heavy atom. The van der Waals surface area contributed by atoms with E-state index >= 15 is 0 Å². The molecule has 0 heterocycles. The van der Waals surface area contributed by atoms with Gasteiger partial charge in [0.2, 0.25) is 0 Å². The number of nitrogens with two attached hydrogens (primary N) is 2. The van der Waals surface area contributed by atoms with Crippen molar-refractivity contribution >= 4 is 40.5 Å². The van der Waals surface area contributed by atoms with E-state index in [1.54, 1.807) is 0 Å². The normalized spacial score (nSPS) is 10.0. The highest BCUT2D eigenvalue weighted by Gasteiger charge is 2.15. The Bertz CT molecular complexity index is 379. The average Bonchev–Trinajstić information content (AvgIpc) is 2.07. The Balaban J connectivity index is 3.50. The van der Waals surface area contributed by atoms with Crippen molar-refractivity contribution < 1.29 is 9.90 Å². The minimum atomic E-state index is -1.19. The fourth-order valence-electron chi connectivity index (χ4n) is 0.835. The van der Waals surface area contributed by atoms with Gasteiger partial charge in [0.15, 0.2) is 0 Å². The van der Waals surface area contributed by atoms with E-state index in [1.165, 1.54) is 6.07 Å². The van der Waals surface area contributed by atoms with Gasteiger partial charge in [-0.05, 0) is 6.07 Å². The zero-order chi connectivity index (χ0) is 10.2. The fourth-order valence-corrected chi connectivity index (χ4v) is 1.26. The van der Waals surface area contributed by atoms with E-state index in [2.05, 4.69) is 0 Å². The summed E-state index contributed by atoms with van der Waals surface area (Å²) in [7, 11) is 0. The van der Waals surface area contributed by atoms with Crippen LogP contribution in [0.25, 0.3) is 0 Å². The van der Waals surface area contributed by atoms with Gasteiger partial charge in [0.25, 0.3) is 0 Å². The second-order valence-electron chi connectivity index (χ2n) is 2.36. The van der Waals surface area contributed by atoms with Crippen LogP contribution in [0.5, 0.6) is 0 Å². The third-order valence-electron chi connectivity index (χ3n) is 1.49. The van der Waals surface area contributed by atoms with Crippen LogP contribution in [0.4, 0.5) is 11.4 Å². The first-order chi connectivity index (χ1) is 5.95. The molecule has 6 heteroatoms. The lowest BCUT2D eigenvalue weighted by Crippen LogP contribution is -2.03. The van der Waals surface area contributed by atoms with Crippen LogP contribution in [0.3, 0.4) is 0 Å². The topological polar surface area (TPSA) is 89.3 Å². The largest absolute Gasteiger partial charge is 0.478 e. The predicted molar refractivity (Wildman–Crippen MR) is 52.2 cm³/mol.